The minimum Gasteiger partial charge on any atom is -0.462 e. The molecule has 1 aromatic carbocycles. The van der Waals surface area contributed by atoms with E-state index < -0.39 is 0 Å². The van der Waals surface area contributed by atoms with Gasteiger partial charge in [-0.25, -0.2) is 14.8 Å². The van der Waals surface area contributed by atoms with Gasteiger partial charge in [0.1, 0.15) is 15.4 Å². The van der Waals surface area contributed by atoms with Crippen LogP contribution in [0.1, 0.15) is 23.5 Å². The van der Waals surface area contributed by atoms with Crippen molar-refractivity contribution in [1.29, 1.82) is 0 Å². The van der Waals surface area contributed by atoms with E-state index in [0.29, 0.717) is 23.7 Å². The van der Waals surface area contributed by atoms with Gasteiger partial charge < -0.3 is 4.74 Å². The van der Waals surface area contributed by atoms with E-state index in [1.807, 2.05) is 36.2 Å². The second kappa shape index (κ2) is 5.27. The maximum Gasteiger partial charge on any atom is 0.350 e. The molecular weight excluding hydrogens is 312 g/mol. The first-order valence-corrected chi connectivity index (χ1v) is 8.27. The van der Waals surface area contributed by atoms with Crippen molar-refractivity contribution in [1.82, 2.24) is 4.98 Å². The van der Waals surface area contributed by atoms with Crippen LogP contribution >= 0.6 is 11.3 Å². The van der Waals surface area contributed by atoms with Crippen molar-refractivity contribution < 1.29 is 9.53 Å². The average Bonchev–Trinajstić information content (AvgIpc) is 2.95. The fourth-order valence-electron chi connectivity index (χ4n) is 2.78. The standard InChI is InChI=1S/C16H14N4O2S/c1-3-20-13-9-7-5-6-8-10(9)17-15-11(13)12(18-19-20)14(23-15)16(21)22-4-2/h5-8H,3-4H2,1-2H3. The van der Waals surface area contributed by atoms with Crippen molar-refractivity contribution in [2.24, 2.45) is 10.3 Å². The molecule has 3 aromatic rings. The van der Waals surface area contributed by atoms with Crippen LogP contribution in [-0.4, -0.2) is 24.1 Å². The summed E-state index contributed by atoms with van der Waals surface area (Å²) in [7, 11) is 0. The van der Waals surface area contributed by atoms with Crippen LogP contribution in [0.25, 0.3) is 21.1 Å². The van der Waals surface area contributed by atoms with Crippen LogP contribution in [0.5, 0.6) is 0 Å². The number of fused-ring (bicyclic) bond motifs is 2. The number of hydrogen-bond acceptors (Lipinski definition) is 7. The fourth-order valence-corrected chi connectivity index (χ4v) is 3.80. The Morgan fingerprint density at radius 2 is 2.13 bits per heavy atom. The Morgan fingerprint density at radius 1 is 1.30 bits per heavy atom. The topological polar surface area (TPSA) is 67.1 Å². The molecule has 1 aliphatic heterocycles. The molecule has 0 spiro atoms. The van der Waals surface area contributed by atoms with E-state index >= 15 is 0 Å². The van der Waals surface area contributed by atoms with Crippen LogP contribution in [0.15, 0.2) is 34.6 Å². The van der Waals surface area contributed by atoms with Gasteiger partial charge in [0.15, 0.2) is 0 Å². The molecule has 4 rings (SSSR count). The van der Waals surface area contributed by atoms with Gasteiger partial charge in [-0.05, 0) is 19.9 Å². The maximum absolute atomic E-state index is 12.2. The molecule has 0 N–H and O–H groups in total. The molecule has 0 saturated heterocycles. The molecule has 0 aliphatic carbocycles. The van der Waals surface area contributed by atoms with Crippen molar-refractivity contribution >= 4 is 49.8 Å². The number of hydrogen-bond donors (Lipinski definition) is 0. The number of esters is 1. The summed E-state index contributed by atoms with van der Waals surface area (Å²) in [6.07, 6.45) is 0. The number of nitrogens with zero attached hydrogens (tertiary/aromatic N) is 4. The SMILES string of the molecule is CCOC(=O)c1sc2nc3ccccc3c3c2c1N=NN3CC. The lowest BCUT2D eigenvalue weighted by Crippen LogP contribution is -2.17. The highest BCUT2D eigenvalue weighted by Gasteiger charge is 2.28. The number of rotatable bonds is 3. The predicted octanol–water partition coefficient (Wildman–Crippen LogP) is 4.46. The molecule has 2 aromatic heterocycles. The number of carbonyl (C=O) groups is 1. The van der Waals surface area contributed by atoms with Crippen molar-refractivity contribution in [2.45, 2.75) is 13.8 Å². The molecule has 0 saturated carbocycles. The Morgan fingerprint density at radius 3 is 2.91 bits per heavy atom. The molecule has 0 amide bonds. The van der Waals surface area contributed by atoms with E-state index in [9.17, 15) is 4.79 Å². The zero-order valence-corrected chi connectivity index (χ0v) is 13.6. The highest BCUT2D eigenvalue weighted by Crippen LogP contribution is 2.48. The molecule has 23 heavy (non-hydrogen) atoms. The van der Waals surface area contributed by atoms with E-state index in [-0.39, 0.29) is 5.97 Å². The first kappa shape index (κ1) is 14.1. The highest BCUT2D eigenvalue weighted by molar-refractivity contribution is 7.21. The molecule has 116 valence electrons. The molecular formula is C16H14N4O2S. The normalized spacial score (nSPS) is 13.0. The Hall–Kier alpha value is -2.54. The Labute approximate surface area is 136 Å². The molecule has 0 unspecified atom stereocenters. The molecule has 1 aliphatic rings. The molecule has 7 heteroatoms. The minimum atomic E-state index is -0.371. The molecule has 0 bridgehead atoms. The number of anilines is 1. The largest absolute Gasteiger partial charge is 0.462 e. The van der Waals surface area contributed by atoms with Gasteiger partial charge >= 0.3 is 5.97 Å². The summed E-state index contributed by atoms with van der Waals surface area (Å²) >= 11 is 1.31. The van der Waals surface area contributed by atoms with Crippen molar-refractivity contribution in [3.05, 3.63) is 29.1 Å². The Kier molecular flexibility index (Phi) is 3.23. The van der Waals surface area contributed by atoms with Gasteiger partial charge in [0.2, 0.25) is 0 Å². The molecule has 0 fully saturated rings. The van der Waals surface area contributed by atoms with E-state index in [0.717, 1.165) is 26.8 Å². The summed E-state index contributed by atoms with van der Waals surface area (Å²) in [6.45, 7) is 4.82. The Balaban J connectivity index is 2.10. The molecule has 6 nitrogen and oxygen atoms in total. The van der Waals surface area contributed by atoms with Crippen LogP contribution in [0, 0.1) is 0 Å². The third-order valence-electron chi connectivity index (χ3n) is 3.75. The van der Waals surface area contributed by atoms with Crippen LogP contribution < -0.4 is 5.01 Å². The second-order valence-electron chi connectivity index (χ2n) is 5.06. The van der Waals surface area contributed by atoms with E-state index in [1.165, 1.54) is 11.3 Å². The maximum atomic E-state index is 12.2. The van der Waals surface area contributed by atoms with Gasteiger partial charge in [-0.2, -0.15) is 0 Å². The van der Waals surface area contributed by atoms with Crippen molar-refractivity contribution in [2.75, 3.05) is 18.2 Å². The molecule has 0 radical (unpaired) electrons. The van der Waals surface area contributed by atoms with Gasteiger partial charge in [-0.15, -0.1) is 16.5 Å². The van der Waals surface area contributed by atoms with Crippen molar-refractivity contribution in [3.8, 4) is 0 Å². The molecule has 0 atom stereocenters. The van der Waals surface area contributed by atoms with E-state index in [1.54, 1.807) is 6.92 Å². The zero-order chi connectivity index (χ0) is 16.0. The number of pyridine rings is 1. The van der Waals surface area contributed by atoms with Crippen LogP contribution in [0.2, 0.25) is 0 Å². The predicted molar refractivity (Wildman–Crippen MR) is 90.6 cm³/mol. The van der Waals surface area contributed by atoms with E-state index in [4.69, 9.17) is 9.72 Å². The summed E-state index contributed by atoms with van der Waals surface area (Å²) in [5, 5.41) is 12.3. The van der Waals surface area contributed by atoms with Crippen molar-refractivity contribution in [3.63, 3.8) is 0 Å². The second-order valence-corrected chi connectivity index (χ2v) is 6.06. The van der Waals surface area contributed by atoms with Crippen LogP contribution in [-0.2, 0) is 4.74 Å². The monoisotopic (exact) mass is 326 g/mol. The highest BCUT2D eigenvalue weighted by atomic mass is 32.1. The van der Waals surface area contributed by atoms with Gasteiger partial charge in [-0.3, -0.25) is 0 Å². The van der Waals surface area contributed by atoms with Gasteiger partial charge in [0.25, 0.3) is 0 Å². The summed E-state index contributed by atoms with van der Waals surface area (Å²) in [5.74, 6) is -0.371. The third kappa shape index (κ3) is 2.00. The third-order valence-corrected chi connectivity index (χ3v) is 4.81. The van der Waals surface area contributed by atoms with E-state index in [2.05, 4.69) is 10.3 Å². The van der Waals surface area contributed by atoms with Gasteiger partial charge in [0, 0.05) is 11.9 Å². The minimum absolute atomic E-state index is 0.326. The lowest BCUT2D eigenvalue weighted by molar-refractivity contribution is 0.0533. The first-order chi connectivity index (χ1) is 11.2. The number of ether oxygens (including phenoxy) is 1. The smallest absolute Gasteiger partial charge is 0.350 e. The average molecular weight is 326 g/mol. The Bertz CT molecular complexity index is 964. The number of thiophene rings is 1. The summed E-state index contributed by atoms with van der Waals surface area (Å²) in [5.41, 5.74) is 2.42. The zero-order valence-electron chi connectivity index (χ0n) is 12.7. The number of benzene rings is 1. The van der Waals surface area contributed by atoms with Gasteiger partial charge in [-0.1, -0.05) is 23.4 Å². The van der Waals surface area contributed by atoms with Gasteiger partial charge in [0.05, 0.1) is 23.2 Å². The lowest BCUT2D eigenvalue weighted by atomic mass is 10.1. The summed E-state index contributed by atoms with van der Waals surface area (Å²) < 4.78 is 5.14. The quantitative estimate of drug-likeness (QED) is 0.666. The fraction of sp³-hybridized carbons (Fsp3) is 0.250. The summed E-state index contributed by atoms with van der Waals surface area (Å²) in [6, 6.07) is 7.92. The lowest BCUT2D eigenvalue weighted by Gasteiger charge is -2.21. The van der Waals surface area contributed by atoms with Crippen LogP contribution in [0.4, 0.5) is 11.4 Å². The number of aromatic nitrogens is 1. The summed E-state index contributed by atoms with van der Waals surface area (Å²) in [4.78, 5) is 18.2. The number of para-hydroxylation sites is 1. The first-order valence-electron chi connectivity index (χ1n) is 7.46. The van der Waals surface area contributed by atoms with Crippen LogP contribution in [0.3, 0.4) is 0 Å². The molecule has 3 heterocycles. The number of carbonyl (C=O) groups excluding carboxylic acids is 1.